The van der Waals surface area contributed by atoms with Crippen molar-refractivity contribution in [2.75, 3.05) is 5.73 Å². The Morgan fingerprint density at radius 2 is 1.74 bits per heavy atom. The van der Waals surface area contributed by atoms with E-state index in [-0.39, 0.29) is 0 Å². The summed E-state index contributed by atoms with van der Waals surface area (Å²) in [6.45, 7) is 7.64. The van der Waals surface area contributed by atoms with Crippen molar-refractivity contribution in [2.24, 2.45) is 5.92 Å². The van der Waals surface area contributed by atoms with Gasteiger partial charge in [0.2, 0.25) is 0 Å². The maximum Gasteiger partial charge on any atom is 0.126 e. The van der Waals surface area contributed by atoms with Crippen LogP contribution in [0.2, 0.25) is 0 Å². The second-order valence-electron chi connectivity index (χ2n) is 5.99. The van der Waals surface area contributed by atoms with Gasteiger partial charge in [-0.1, -0.05) is 59.3 Å². The fraction of sp³-hybridized carbons (Fsp3) is 0.812. The first kappa shape index (κ1) is 16.1. The molecule has 1 rings (SSSR count). The Morgan fingerprint density at radius 3 is 2.37 bits per heavy atom. The molecule has 1 aromatic heterocycles. The maximum atomic E-state index is 6.13. The van der Waals surface area contributed by atoms with Gasteiger partial charge in [0.05, 0.1) is 12.0 Å². The largest absolute Gasteiger partial charge is 0.384 e. The third-order valence-electron chi connectivity index (χ3n) is 3.54. The minimum atomic E-state index is 0.614. The standard InChI is InChI=1S/C16H31N3/c1-4-5-6-7-8-9-10-11-15-16(17)19(13-18-15)12-14(2)3/h13-14H,4-12,17H2,1-3H3. The van der Waals surface area contributed by atoms with Gasteiger partial charge in [0, 0.05) is 6.54 Å². The van der Waals surface area contributed by atoms with Crippen molar-refractivity contribution in [3.8, 4) is 0 Å². The average Bonchev–Trinajstić information content (AvgIpc) is 2.70. The van der Waals surface area contributed by atoms with Gasteiger partial charge in [-0.2, -0.15) is 0 Å². The molecule has 0 fully saturated rings. The summed E-state index contributed by atoms with van der Waals surface area (Å²) < 4.78 is 2.08. The highest BCUT2D eigenvalue weighted by Crippen LogP contribution is 2.16. The van der Waals surface area contributed by atoms with Crippen LogP contribution in [0.1, 0.15) is 71.4 Å². The number of aromatic nitrogens is 2. The van der Waals surface area contributed by atoms with Crippen LogP contribution in [0.5, 0.6) is 0 Å². The Kier molecular flexibility index (Phi) is 7.61. The molecule has 110 valence electrons. The molecule has 0 radical (unpaired) electrons. The molecule has 19 heavy (non-hydrogen) atoms. The molecule has 3 heteroatoms. The van der Waals surface area contributed by atoms with E-state index in [1.54, 1.807) is 0 Å². The van der Waals surface area contributed by atoms with Crippen molar-refractivity contribution in [3.63, 3.8) is 0 Å². The van der Waals surface area contributed by atoms with Crippen LogP contribution in [0.25, 0.3) is 0 Å². The number of nitrogens with two attached hydrogens (primary N) is 1. The summed E-state index contributed by atoms with van der Waals surface area (Å²) in [7, 11) is 0. The quantitative estimate of drug-likeness (QED) is 0.637. The zero-order valence-electron chi connectivity index (χ0n) is 13.0. The summed E-state index contributed by atoms with van der Waals surface area (Å²) in [6, 6.07) is 0. The molecule has 3 nitrogen and oxygen atoms in total. The third kappa shape index (κ3) is 6.13. The van der Waals surface area contributed by atoms with E-state index < -0.39 is 0 Å². The van der Waals surface area contributed by atoms with E-state index in [1.165, 1.54) is 44.9 Å². The summed E-state index contributed by atoms with van der Waals surface area (Å²) in [4.78, 5) is 4.45. The van der Waals surface area contributed by atoms with Gasteiger partial charge in [0.15, 0.2) is 0 Å². The van der Waals surface area contributed by atoms with Crippen LogP contribution in [0.3, 0.4) is 0 Å². The lowest BCUT2D eigenvalue weighted by molar-refractivity contribution is 0.527. The molecule has 0 spiro atoms. The highest BCUT2D eigenvalue weighted by Gasteiger charge is 2.08. The summed E-state index contributed by atoms with van der Waals surface area (Å²) in [5, 5.41) is 0. The Hall–Kier alpha value is -0.990. The van der Waals surface area contributed by atoms with Gasteiger partial charge in [-0.05, 0) is 18.8 Å². The van der Waals surface area contributed by atoms with Crippen LogP contribution >= 0.6 is 0 Å². The lowest BCUT2D eigenvalue weighted by Gasteiger charge is -2.08. The van der Waals surface area contributed by atoms with Gasteiger partial charge in [0.25, 0.3) is 0 Å². The molecule has 0 aliphatic rings. The molecule has 0 aliphatic heterocycles. The molecule has 0 aromatic carbocycles. The number of unbranched alkanes of at least 4 members (excludes halogenated alkanes) is 6. The average molecular weight is 265 g/mol. The zero-order valence-corrected chi connectivity index (χ0v) is 13.0. The second kappa shape index (κ2) is 9.00. The van der Waals surface area contributed by atoms with Crippen LogP contribution < -0.4 is 5.73 Å². The third-order valence-corrected chi connectivity index (χ3v) is 3.54. The highest BCUT2D eigenvalue weighted by molar-refractivity contribution is 5.35. The molecule has 0 amide bonds. The van der Waals surface area contributed by atoms with Gasteiger partial charge in [-0.3, -0.25) is 0 Å². The van der Waals surface area contributed by atoms with E-state index in [2.05, 4.69) is 30.3 Å². The van der Waals surface area contributed by atoms with Crippen molar-refractivity contribution in [3.05, 3.63) is 12.0 Å². The van der Waals surface area contributed by atoms with E-state index in [0.29, 0.717) is 5.92 Å². The highest BCUT2D eigenvalue weighted by atomic mass is 15.1. The Balaban J connectivity index is 2.21. The van der Waals surface area contributed by atoms with E-state index >= 15 is 0 Å². The molecule has 0 saturated heterocycles. The van der Waals surface area contributed by atoms with Gasteiger partial charge in [0.1, 0.15) is 5.82 Å². The fourth-order valence-corrected chi connectivity index (χ4v) is 2.41. The Labute approximate surface area is 118 Å². The monoisotopic (exact) mass is 265 g/mol. The Bertz CT molecular complexity index is 342. The van der Waals surface area contributed by atoms with E-state index in [1.807, 2.05) is 6.33 Å². The fourth-order valence-electron chi connectivity index (χ4n) is 2.41. The van der Waals surface area contributed by atoms with Crippen molar-refractivity contribution in [1.29, 1.82) is 0 Å². The first-order valence-corrected chi connectivity index (χ1v) is 7.94. The number of aryl methyl sites for hydroxylation is 1. The first-order valence-electron chi connectivity index (χ1n) is 7.94. The number of nitrogens with zero attached hydrogens (tertiary/aromatic N) is 2. The molecule has 2 N–H and O–H groups in total. The summed E-state index contributed by atoms with van der Waals surface area (Å²) in [6.07, 6.45) is 12.3. The SMILES string of the molecule is CCCCCCCCCc1ncn(CC(C)C)c1N. The molecule has 0 saturated carbocycles. The minimum absolute atomic E-state index is 0.614. The molecular weight excluding hydrogens is 234 g/mol. The zero-order chi connectivity index (χ0) is 14.1. The minimum Gasteiger partial charge on any atom is -0.384 e. The van der Waals surface area contributed by atoms with Gasteiger partial charge in [-0.15, -0.1) is 0 Å². The number of nitrogen functional groups attached to an aromatic ring is 1. The van der Waals surface area contributed by atoms with Gasteiger partial charge in [-0.25, -0.2) is 4.98 Å². The number of rotatable bonds is 10. The second-order valence-corrected chi connectivity index (χ2v) is 5.99. The summed E-state index contributed by atoms with van der Waals surface area (Å²) >= 11 is 0. The molecule has 0 bridgehead atoms. The van der Waals surface area contributed by atoms with Crippen LogP contribution in [0.15, 0.2) is 6.33 Å². The van der Waals surface area contributed by atoms with E-state index in [9.17, 15) is 0 Å². The van der Waals surface area contributed by atoms with Gasteiger partial charge >= 0.3 is 0 Å². The predicted molar refractivity (Wildman–Crippen MR) is 83.2 cm³/mol. The Morgan fingerprint density at radius 1 is 1.11 bits per heavy atom. The van der Waals surface area contributed by atoms with Crippen molar-refractivity contribution >= 4 is 5.82 Å². The predicted octanol–water partition coefficient (Wildman–Crippen LogP) is 4.41. The van der Waals surface area contributed by atoms with E-state index in [4.69, 9.17) is 5.73 Å². The molecular formula is C16H31N3. The van der Waals surface area contributed by atoms with Crippen molar-refractivity contribution in [2.45, 2.75) is 78.7 Å². The number of hydrogen-bond donors (Lipinski definition) is 1. The first-order chi connectivity index (χ1) is 9.15. The van der Waals surface area contributed by atoms with Crippen LogP contribution in [-0.2, 0) is 13.0 Å². The molecule has 0 unspecified atom stereocenters. The van der Waals surface area contributed by atoms with Crippen LogP contribution in [-0.4, -0.2) is 9.55 Å². The molecule has 0 aliphatic carbocycles. The summed E-state index contributed by atoms with van der Waals surface area (Å²) in [5.41, 5.74) is 7.22. The number of anilines is 1. The van der Waals surface area contributed by atoms with Crippen molar-refractivity contribution in [1.82, 2.24) is 9.55 Å². The molecule has 1 heterocycles. The van der Waals surface area contributed by atoms with Gasteiger partial charge < -0.3 is 10.3 Å². The maximum absolute atomic E-state index is 6.13. The normalized spacial score (nSPS) is 11.4. The molecule has 0 atom stereocenters. The van der Waals surface area contributed by atoms with Crippen LogP contribution in [0.4, 0.5) is 5.82 Å². The van der Waals surface area contributed by atoms with E-state index in [0.717, 1.165) is 24.5 Å². The van der Waals surface area contributed by atoms with Crippen LogP contribution in [0, 0.1) is 5.92 Å². The topological polar surface area (TPSA) is 43.8 Å². The summed E-state index contributed by atoms with van der Waals surface area (Å²) in [5.74, 6) is 1.49. The molecule has 1 aromatic rings. The number of imidazole rings is 1. The van der Waals surface area contributed by atoms with Crippen molar-refractivity contribution < 1.29 is 0 Å². The lowest BCUT2D eigenvalue weighted by atomic mass is 10.1. The smallest absolute Gasteiger partial charge is 0.126 e. The lowest BCUT2D eigenvalue weighted by Crippen LogP contribution is -2.07. The number of hydrogen-bond acceptors (Lipinski definition) is 2.